The van der Waals surface area contributed by atoms with Crippen molar-refractivity contribution in [3.05, 3.63) is 12.2 Å². The largest absolute Gasteiger partial charge is 0.380 e. The number of ether oxygens (including phenoxy) is 1. The van der Waals surface area contributed by atoms with E-state index in [-0.39, 0.29) is 0 Å². The molecule has 1 unspecified atom stereocenters. The van der Waals surface area contributed by atoms with E-state index in [0.717, 1.165) is 13.1 Å². The zero-order chi connectivity index (χ0) is 9.52. The molecule has 1 heterocycles. The van der Waals surface area contributed by atoms with Crippen molar-refractivity contribution in [2.75, 3.05) is 32.6 Å². The lowest BCUT2D eigenvalue weighted by Crippen LogP contribution is -2.39. The summed E-state index contributed by atoms with van der Waals surface area (Å²) in [4.78, 5) is 2.40. The maximum absolute atomic E-state index is 5.55. The molecule has 0 aromatic carbocycles. The van der Waals surface area contributed by atoms with Gasteiger partial charge in [0, 0.05) is 26.1 Å². The lowest BCUT2D eigenvalue weighted by Gasteiger charge is -2.30. The van der Waals surface area contributed by atoms with E-state index in [1.807, 2.05) is 6.08 Å². The number of piperidine rings is 1. The van der Waals surface area contributed by atoms with Crippen molar-refractivity contribution in [2.24, 2.45) is 0 Å². The summed E-state index contributed by atoms with van der Waals surface area (Å²) in [5.74, 6) is 0.613. The Kier molecular flexibility index (Phi) is 5.44. The molecular formula is C10H18ClNO. The minimum Gasteiger partial charge on any atom is -0.380 e. The van der Waals surface area contributed by atoms with Gasteiger partial charge in [-0.1, -0.05) is 12.2 Å². The number of nitrogens with zero attached hydrogens (tertiary/aromatic N) is 1. The molecule has 2 nitrogen and oxygen atoms in total. The first-order chi connectivity index (χ1) is 6.36. The highest BCUT2D eigenvalue weighted by atomic mass is 35.5. The zero-order valence-electron chi connectivity index (χ0n) is 8.21. The van der Waals surface area contributed by atoms with Gasteiger partial charge in [-0.15, -0.1) is 11.6 Å². The fourth-order valence-corrected chi connectivity index (χ4v) is 1.78. The van der Waals surface area contributed by atoms with Crippen LogP contribution >= 0.6 is 11.6 Å². The fourth-order valence-electron chi connectivity index (χ4n) is 1.66. The minimum absolute atomic E-state index is 0.429. The third kappa shape index (κ3) is 4.12. The van der Waals surface area contributed by atoms with E-state index in [0.29, 0.717) is 12.0 Å². The number of allylic oxidation sites excluding steroid dienone is 1. The number of methoxy groups -OCH3 is 1. The predicted octanol–water partition coefficient (Wildman–Crippen LogP) is 1.89. The summed E-state index contributed by atoms with van der Waals surface area (Å²) in [5, 5.41) is 0. The normalized spacial score (nSPS) is 25.5. The Balaban J connectivity index is 2.21. The van der Waals surface area contributed by atoms with Crippen LogP contribution in [0.4, 0.5) is 0 Å². The molecule has 1 aliphatic heterocycles. The molecule has 1 rings (SSSR count). The quantitative estimate of drug-likeness (QED) is 0.511. The molecule has 0 amide bonds. The standard InChI is InChI=1S/C10H18ClNO/c1-13-10-5-4-8-12(9-10)7-3-2-6-11/h2-3,10H,4-9H2,1H3/b3-2+. The molecular weight excluding hydrogens is 186 g/mol. The van der Waals surface area contributed by atoms with Crippen molar-refractivity contribution in [3.63, 3.8) is 0 Å². The van der Waals surface area contributed by atoms with Crippen molar-refractivity contribution < 1.29 is 4.74 Å². The number of hydrogen-bond acceptors (Lipinski definition) is 2. The summed E-state index contributed by atoms with van der Waals surface area (Å²) in [6, 6.07) is 0. The highest BCUT2D eigenvalue weighted by Crippen LogP contribution is 2.11. The van der Waals surface area contributed by atoms with E-state index in [2.05, 4.69) is 11.0 Å². The first kappa shape index (κ1) is 11.0. The lowest BCUT2D eigenvalue weighted by molar-refractivity contribution is 0.0356. The molecule has 0 aliphatic carbocycles. The van der Waals surface area contributed by atoms with Gasteiger partial charge in [0.15, 0.2) is 0 Å². The minimum atomic E-state index is 0.429. The predicted molar refractivity (Wildman–Crippen MR) is 56.3 cm³/mol. The van der Waals surface area contributed by atoms with E-state index in [1.165, 1.54) is 19.4 Å². The Labute approximate surface area is 85.5 Å². The molecule has 0 bridgehead atoms. The van der Waals surface area contributed by atoms with Gasteiger partial charge in [-0.3, -0.25) is 4.90 Å². The van der Waals surface area contributed by atoms with Gasteiger partial charge in [0.05, 0.1) is 6.10 Å². The van der Waals surface area contributed by atoms with Gasteiger partial charge < -0.3 is 4.74 Å². The Morgan fingerprint density at radius 1 is 1.54 bits per heavy atom. The first-order valence-corrected chi connectivity index (χ1v) is 5.36. The van der Waals surface area contributed by atoms with E-state index < -0.39 is 0 Å². The van der Waals surface area contributed by atoms with Crippen LogP contribution in [0.5, 0.6) is 0 Å². The molecule has 0 spiro atoms. The van der Waals surface area contributed by atoms with Gasteiger partial charge in [0.1, 0.15) is 0 Å². The van der Waals surface area contributed by atoms with Crippen LogP contribution in [0.2, 0.25) is 0 Å². The molecule has 0 aromatic heterocycles. The molecule has 76 valence electrons. The second-order valence-electron chi connectivity index (χ2n) is 3.39. The molecule has 0 radical (unpaired) electrons. The Hall–Kier alpha value is -0.0500. The first-order valence-electron chi connectivity index (χ1n) is 4.83. The van der Waals surface area contributed by atoms with E-state index >= 15 is 0 Å². The molecule has 1 atom stereocenters. The summed E-state index contributed by atoms with van der Waals surface area (Å²) < 4.78 is 5.34. The van der Waals surface area contributed by atoms with Crippen LogP contribution in [0.3, 0.4) is 0 Å². The molecule has 1 saturated heterocycles. The summed E-state index contributed by atoms with van der Waals surface area (Å²) in [7, 11) is 1.79. The van der Waals surface area contributed by atoms with Crippen molar-refractivity contribution in [2.45, 2.75) is 18.9 Å². The summed E-state index contributed by atoms with van der Waals surface area (Å²) >= 11 is 5.55. The number of rotatable bonds is 4. The Bertz CT molecular complexity index is 161. The fraction of sp³-hybridized carbons (Fsp3) is 0.800. The van der Waals surface area contributed by atoms with E-state index in [1.54, 1.807) is 7.11 Å². The maximum Gasteiger partial charge on any atom is 0.0698 e. The number of alkyl halides is 1. The number of hydrogen-bond donors (Lipinski definition) is 0. The number of likely N-dealkylation sites (tertiary alicyclic amines) is 1. The SMILES string of the molecule is COC1CCCN(C/C=C/CCl)C1. The highest BCUT2D eigenvalue weighted by Gasteiger charge is 2.17. The van der Waals surface area contributed by atoms with Crippen molar-refractivity contribution in [3.8, 4) is 0 Å². The van der Waals surface area contributed by atoms with Crippen LogP contribution in [-0.2, 0) is 4.74 Å². The Morgan fingerprint density at radius 3 is 3.08 bits per heavy atom. The van der Waals surface area contributed by atoms with Crippen LogP contribution in [-0.4, -0.2) is 43.6 Å². The monoisotopic (exact) mass is 203 g/mol. The highest BCUT2D eigenvalue weighted by molar-refractivity contribution is 6.18. The van der Waals surface area contributed by atoms with Crippen LogP contribution in [0.1, 0.15) is 12.8 Å². The van der Waals surface area contributed by atoms with Gasteiger partial charge in [0.25, 0.3) is 0 Å². The Morgan fingerprint density at radius 2 is 2.38 bits per heavy atom. The van der Waals surface area contributed by atoms with Crippen molar-refractivity contribution >= 4 is 11.6 Å². The van der Waals surface area contributed by atoms with Gasteiger partial charge in [-0.05, 0) is 19.4 Å². The zero-order valence-corrected chi connectivity index (χ0v) is 8.96. The van der Waals surface area contributed by atoms with Gasteiger partial charge >= 0.3 is 0 Å². The van der Waals surface area contributed by atoms with Gasteiger partial charge in [0.2, 0.25) is 0 Å². The molecule has 1 aliphatic rings. The number of halogens is 1. The van der Waals surface area contributed by atoms with E-state index in [4.69, 9.17) is 16.3 Å². The lowest BCUT2D eigenvalue weighted by atomic mass is 10.1. The average molecular weight is 204 g/mol. The molecule has 0 N–H and O–H groups in total. The summed E-state index contributed by atoms with van der Waals surface area (Å²) in [5.41, 5.74) is 0. The van der Waals surface area contributed by atoms with Crippen LogP contribution in [0.15, 0.2) is 12.2 Å². The molecule has 0 saturated carbocycles. The van der Waals surface area contributed by atoms with Crippen molar-refractivity contribution in [1.29, 1.82) is 0 Å². The van der Waals surface area contributed by atoms with Crippen LogP contribution in [0, 0.1) is 0 Å². The van der Waals surface area contributed by atoms with Crippen LogP contribution < -0.4 is 0 Å². The summed E-state index contributed by atoms with van der Waals surface area (Å²) in [6.45, 7) is 3.25. The smallest absolute Gasteiger partial charge is 0.0698 e. The van der Waals surface area contributed by atoms with E-state index in [9.17, 15) is 0 Å². The third-order valence-corrected chi connectivity index (χ3v) is 2.59. The molecule has 1 fully saturated rings. The van der Waals surface area contributed by atoms with Crippen LogP contribution in [0.25, 0.3) is 0 Å². The topological polar surface area (TPSA) is 12.5 Å². The van der Waals surface area contributed by atoms with Gasteiger partial charge in [-0.25, -0.2) is 0 Å². The average Bonchev–Trinajstić information content (AvgIpc) is 2.19. The summed E-state index contributed by atoms with van der Waals surface area (Å²) in [6.07, 6.45) is 7.00. The molecule has 13 heavy (non-hydrogen) atoms. The van der Waals surface area contributed by atoms with Crippen molar-refractivity contribution in [1.82, 2.24) is 4.90 Å². The third-order valence-electron chi connectivity index (χ3n) is 2.41. The maximum atomic E-state index is 5.55. The second-order valence-corrected chi connectivity index (χ2v) is 3.69. The molecule has 3 heteroatoms. The molecule has 0 aromatic rings. The van der Waals surface area contributed by atoms with Gasteiger partial charge in [-0.2, -0.15) is 0 Å². The second kappa shape index (κ2) is 6.41.